The zero-order chi connectivity index (χ0) is 21.1. The number of nitrogens with zero attached hydrogens (tertiary/aromatic N) is 5. The first-order chi connectivity index (χ1) is 14.5. The van der Waals surface area contributed by atoms with Crippen molar-refractivity contribution in [2.45, 2.75) is 19.3 Å². The van der Waals surface area contributed by atoms with Crippen molar-refractivity contribution in [1.82, 2.24) is 19.7 Å². The zero-order valence-corrected chi connectivity index (χ0v) is 18.4. The van der Waals surface area contributed by atoms with Gasteiger partial charge in [0, 0.05) is 75.6 Å². The van der Waals surface area contributed by atoms with E-state index < -0.39 is 0 Å². The molecule has 1 aromatic carbocycles. The maximum atomic E-state index is 13.1. The molecule has 3 heterocycles. The van der Waals surface area contributed by atoms with Crippen LogP contribution in [0.5, 0.6) is 0 Å². The van der Waals surface area contributed by atoms with E-state index in [0.29, 0.717) is 18.4 Å². The molecule has 0 unspecified atom stereocenters. The van der Waals surface area contributed by atoms with Crippen LogP contribution in [0.2, 0.25) is 0 Å². The average molecular weight is 408 g/mol. The number of amides is 1. The summed E-state index contributed by atoms with van der Waals surface area (Å²) in [7, 11) is 3.93. The molecule has 0 bridgehead atoms. The molecular formula is C24H33N5O. The van der Waals surface area contributed by atoms with Crippen molar-refractivity contribution >= 4 is 23.0 Å². The number of piperazine rings is 1. The highest BCUT2D eigenvalue weighted by Crippen LogP contribution is 2.34. The lowest BCUT2D eigenvalue weighted by atomic mass is 9.83. The van der Waals surface area contributed by atoms with Gasteiger partial charge in [0.25, 0.3) is 0 Å². The molecule has 2 fully saturated rings. The Balaban J connectivity index is 1.54. The topological polar surface area (TPSA) is 52.0 Å². The van der Waals surface area contributed by atoms with Crippen LogP contribution in [0.4, 0.5) is 0 Å². The molecule has 2 atom stereocenters. The third-order valence-electron chi connectivity index (χ3n) is 6.51. The SMILES string of the molecule is C/N=C\c1ccc([C@@H]2C[C@@H](C)CN(C(=O)CN3CCN(C)CC3)C2)c2cccnc12. The average Bonchev–Trinajstić information content (AvgIpc) is 2.75. The van der Waals surface area contributed by atoms with Gasteiger partial charge in [0.2, 0.25) is 5.91 Å². The third kappa shape index (κ3) is 4.55. The van der Waals surface area contributed by atoms with E-state index in [0.717, 1.165) is 56.8 Å². The van der Waals surface area contributed by atoms with Crippen LogP contribution in [-0.4, -0.2) is 91.7 Å². The first-order valence-corrected chi connectivity index (χ1v) is 11.0. The maximum absolute atomic E-state index is 13.1. The Labute approximate surface area is 179 Å². The van der Waals surface area contributed by atoms with Gasteiger partial charge in [-0.15, -0.1) is 0 Å². The largest absolute Gasteiger partial charge is 0.341 e. The molecule has 1 amide bonds. The monoisotopic (exact) mass is 407 g/mol. The van der Waals surface area contributed by atoms with Gasteiger partial charge >= 0.3 is 0 Å². The van der Waals surface area contributed by atoms with Gasteiger partial charge in [0.15, 0.2) is 0 Å². The minimum absolute atomic E-state index is 0.272. The summed E-state index contributed by atoms with van der Waals surface area (Å²) in [5, 5.41) is 1.18. The summed E-state index contributed by atoms with van der Waals surface area (Å²) in [6.07, 6.45) is 4.81. The molecule has 4 rings (SSSR count). The first kappa shape index (κ1) is 20.9. The fourth-order valence-electron chi connectivity index (χ4n) is 4.89. The first-order valence-electron chi connectivity index (χ1n) is 11.0. The highest BCUT2D eigenvalue weighted by Gasteiger charge is 2.31. The fourth-order valence-corrected chi connectivity index (χ4v) is 4.89. The Morgan fingerprint density at radius 3 is 2.77 bits per heavy atom. The Kier molecular flexibility index (Phi) is 6.44. The lowest BCUT2D eigenvalue weighted by Gasteiger charge is -2.39. The quantitative estimate of drug-likeness (QED) is 0.731. The number of benzene rings is 1. The molecule has 1 aromatic heterocycles. The van der Waals surface area contributed by atoms with E-state index >= 15 is 0 Å². The van der Waals surface area contributed by atoms with Crippen LogP contribution < -0.4 is 0 Å². The number of aliphatic imine (C=N–C) groups is 1. The van der Waals surface area contributed by atoms with Crippen LogP contribution >= 0.6 is 0 Å². The summed E-state index contributed by atoms with van der Waals surface area (Å²) in [5.74, 6) is 1.10. The molecule has 0 saturated carbocycles. The summed E-state index contributed by atoms with van der Waals surface area (Å²) < 4.78 is 0. The molecule has 2 aromatic rings. The van der Waals surface area contributed by atoms with Crippen LogP contribution in [0.3, 0.4) is 0 Å². The summed E-state index contributed by atoms with van der Waals surface area (Å²) in [5.41, 5.74) is 3.34. The molecular weight excluding hydrogens is 374 g/mol. The van der Waals surface area contributed by atoms with Crippen molar-refractivity contribution in [3.8, 4) is 0 Å². The van der Waals surface area contributed by atoms with Gasteiger partial charge in [-0.2, -0.15) is 0 Å². The minimum Gasteiger partial charge on any atom is -0.341 e. The van der Waals surface area contributed by atoms with Crippen LogP contribution in [0.25, 0.3) is 10.9 Å². The van der Waals surface area contributed by atoms with E-state index in [1.807, 2.05) is 18.5 Å². The number of hydrogen-bond donors (Lipinski definition) is 0. The molecule has 2 saturated heterocycles. The third-order valence-corrected chi connectivity index (χ3v) is 6.51. The van der Waals surface area contributed by atoms with Gasteiger partial charge in [0.1, 0.15) is 0 Å². The highest BCUT2D eigenvalue weighted by molar-refractivity contribution is 5.99. The number of carbonyl (C=O) groups is 1. The minimum atomic E-state index is 0.272. The lowest BCUT2D eigenvalue weighted by Crippen LogP contribution is -2.51. The van der Waals surface area contributed by atoms with Gasteiger partial charge in [-0.05, 0) is 31.0 Å². The number of hydrogen-bond acceptors (Lipinski definition) is 5. The number of pyridine rings is 1. The van der Waals surface area contributed by atoms with Gasteiger partial charge in [-0.25, -0.2) is 0 Å². The second-order valence-electron chi connectivity index (χ2n) is 8.95. The van der Waals surface area contributed by atoms with Crippen molar-refractivity contribution in [2.75, 3.05) is 59.9 Å². The number of likely N-dealkylation sites (tertiary alicyclic amines) is 1. The van der Waals surface area contributed by atoms with Crippen LogP contribution in [0, 0.1) is 5.92 Å². The number of fused-ring (bicyclic) bond motifs is 1. The standard InChI is InChI=1S/C24H33N5O/c1-18-13-20(16-29(15-18)23(30)17-28-11-9-27(3)10-12-28)21-7-6-19(14-25-2)24-22(21)5-4-8-26-24/h4-8,14,18,20H,9-13,15-17H2,1-3H3/b25-14-/t18-,20-/m1/s1. The van der Waals surface area contributed by atoms with E-state index in [-0.39, 0.29) is 5.91 Å². The highest BCUT2D eigenvalue weighted by atomic mass is 16.2. The van der Waals surface area contributed by atoms with E-state index in [1.165, 1.54) is 10.9 Å². The van der Waals surface area contributed by atoms with E-state index in [4.69, 9.17) is 0 Å². The molecule has 6 heteroatoms. The Morgan fingerprint density at radius 2 is 2.00 bits per heavy atom. The number of rotatable bonds is 4. The number of likely N-dealkylation sites (N-methyl/N-ethyl adjacent to an activating group) is 1. The molecule has 30 heavy (non-hydrogen) atoms. The maximum Gasteiger partial charge on any atom is 0.236 e. The predicted molar refractivity (Wildman–Crippen MR) is 122 cm³/mol. The Morgan fingerprint density at radius 1 is 1.20 bits per heavy atom. The molecule has 0 radical (unpaired) electrons. The molecule has 0 N–H and O–H groups in total. The van der Waals surface area contributed by atoms with Crippen molar-refractivity contribution in [3.05, 3.63) is 41.6 Å². The number of piperidine rings is 1. The van der Waals surface area contributed by atoms with Crippen LogP contribution in [-0.2, 0) is 4.79 Å². The normalized spacial score (nSPS) is 24.0. The predicted octanol–water partition coefficient (Wildman–Crippen LogP) is 2.48. The zero-order valence-electron chi connectivity index (χ0n) is 18.4. The van der Waals surface area contributed by atoms with Gasteiger partial charge in [-0.3, -0.25) is 19.7 Å². The van der Waals surface area contributed by atoms with Crippen LogP contribution in [0.1, 0.15) is 30.4 Å². The van der Waals surface area contributed by atoms with Crippen molar-refractivity contribution in [1.29, 1.82) is 0 Å². The van der Waals surface area contributed by atoms with Crippen molar-refractivity contribution in [2.24, 2.45) is 10.9 Å². The second kappa shape index (κ2) is 9.23. The second-order valence-corrected chi connectivity index (χ2v) is 8.95. The van der Waals surface area contributed by atoms with Crippen molar-refractivity contribution < 1.29 is 4.79 Å². The molecule has 0 spiro atoms. The summed E-state index contributed by atoms with van der Waals surface area (Å²) in [6.45, 7) is 8.50. The van der Waals surface area contributed by atoms with Gasteiger partial charge < -0.3 is 9.80 Å². The van der Waals surface area contributed by atoms with Gasteiger partial charge in [-0.1, -0.05) is 25.1 Å². The number of carbonyl (C=O) groups excluding carboxylic acids is 1. The smallest absolute Gasteiger partial charge is 0.236 e. The number of aromatic nitrogens is 1. The summed E-state index contributed by atoms with van der Waals surface area (Å²) >= 11 is 0. The van der Waals surface area contributed by atoms with E-state index in [9.17, 15) is 4.79 Å². The molecule has 0 aliphatic carbocycles. The molecule has 6 nitrogen and oxygen atoms in total. The van der Waals surface area contributed by atoms with E-state index in [1.54, 1.807) is 7.05 Å². The Hall–Kier alpha value is -2.31. The summed E-state index contributed by atoms with van der Waals surface area (Å²) in [4.78, 5) is 28.6. The van der Waals surface area contributed by atoms with E-state index in [2.05, 4.69) is 56.8 Å². The van der Waals surface area contributed by atoms with Crippen molar-refractivity contribution in [3.63, 3.8) is 0 Å². The molecule has 2 aliphatic rings. The molecule has 2 aliphatic heterocycles. The van der Waals surface area contributed by atoms with Gasteiger partial charge in [0.05, 0.1) is 12.1 Å². The summed E-state index contributed by atoms with van der Waals surface area (Å²) in [6, 6.07) is 8.49. The molecule has 160 valence electrons. The Bertz CT molecular complexity index is 919. The van der Waals surface area contributed by atoms with Crippen LogP contribution in [0.15, 0.2) is 35.5 Å². The lowest BCUT2D eigenvalue weighted by molar-refractivity contribution is -0.134. The fraction of sp³-hybridized carbons (Fsp3) is 0.542.